The molecule has 2 rings (SSSR count). The van der Waals surface area contributed by atoms with Crippen LogP contribution in [-0.2, 0) is 0 Å². The summed E-state index contributed by atoms with van der Waals surface area (Å²) in [4.78, 5) is 0. The van der Waals surface area contributed by atoms with Crippen molar-refractivity contribution in [3.63, 3.8) is 0 Å². The molecular weight excluding hydrogens is 284 g/mol. The predicted octanol–water partition coefficient (Wildman–Crippen LogP) is 4.75. The molecule has 0 amide bonds. The van der Waals surface area contributed by atoms with Crippen LogP contribution in [0.1, 0.15) is 22.7 Å². The normalized spacial score (nSPS) is 12.5. The topological polar surface area (TPSA) is 12.0 Å². The van der Waals surface area contributed by atoms with Gasteiger partial charge in [0.05, 0.1) is 6.04 Å². The lowest BCUT2D eigenvalue weighted by atomic mass is 9.97. The van der Waals surface area contributed by atoms with Crippen LogP contribution in [0.2, 0.25) is 10.0 Å². The summed E-state index contributed by atoms with van der Waals surface area (Å²) >= 11 is 12.1. The fourth-order valence-electron chi connectivity index (χ4n) is 2.10. The van der Waals surface area contributed by atoms with Crippen LogP contribution in [0.5, 0.6) is 0 Å². The highest BCUT2D eigenvalue weighted by molar-refractivity contribution is 6.35. The molecule has 100 valence electrons. The van der Waals surface area contributed by atoms with Gasteiger partial charge in [0, 0.05) is 15.6 Å². The zero-order chi connectivity index (χ0) is 14.0. The van der Waals surface area contributed by atoms with Gasteiger partial charge in [-0.1, -0.05) is 47.0 Å². The highest BCUT2D eigenvalue weighted by Crippen LogP contribution is 2.31. The van der Waals surface area contributed by atoms with Gasteiger partial charge < -0.3 is 5.32 Å². The number of hydrogen-bond donors (Lipinski definition) is 1. The van der Waals surface area contributed by atoms with Crippen molar-refractivity contribution in [2.75, 3.05) is 7.05 Å². The average molecular weight is 298 g/mol. The van der Waals surface area contributed by atoms with E-state index < -0.39 is 0 Å². The summed E-state index contributed by atoms with van der Waals surface area (Å²) in [5.41, 5.74) is 2.38. The second kappa shape index (κ2) is 5.91. The van der Waals surface area contributed by atoms with Crippen LogP contribution >= 0.6 is 23.2 Å². The van der Waals surface area contributed by atoms with Crippen LogP contribution in [0.15, 0.2) is 36.4 Å². The van der Waals surface area contributed by atoms with Crippen molar-refractivity contribution < 1.29 is 4.39 Å². The van der Waals surface area contributed by atoms with Crippen molar-refractivity contribution >= 4 is 23.2 Å². The molecule has 0 radical (unpaired) electrons. The van der Waals surface area contributed by atoms with E-state index in [1.807, 2.05) is 19.1 Å². The molecule has 0 saturated heterocycles. The van der Waals surface area contributed by atoms with Crippen LogP contribution in [0, 0.1) is 12.7 Å². The molecule has 2 aromatic rings. The first-order valence-corrected chi connectivity index (χ1v) is 6.66. The van der Waals surface area contributed by atoms with Crippen molar-refractivity contribution in [1.29, 1.82) is 0 Å². The lowest BCUT2D eigenvalue weighted by Crippen LogP contribution is -2.19. The Balaban J connectivity index is 2.52. The first-order chi connectivity index (χ1) is 9.02. The van der Waals surface area contributed by atoms with Gasteiger partial charge in [-0.05, 0) is 37.7 Å². The van der Waals surface area contributed by atoms with Crippen molar-refractivity contribution in [1.82, 2.24) is 5.32 Å². The maximum Gasteiger partial charge on any atom is 0.128 e. The van der Waals surface area contributed by atoms with E-state index >= 15 is 0 Å². The molecule has 0 aromatic heterocycles. The highest BCUT2D eigenvalue weighted by atomic mass is 35.5. The summed E-state index contributed by atoms with van der Waals surface area (Å²) in [5, 5.41) is 4.18. The van der Waals surface area contributed by atoms with E-state index in [0.29, 0.717) is 15.6 Å². The fraction of sp³-hybridized carbons (Fsp3) is 0.200. The lowest BCUT2D eigenvalue weighted by Gasteiger charge is -2.20. The van der Waals surface area contributed by atoms with E-state index in [2.05, 4.69) is 5.32 Å². The second-order valence-electron chi connectivity index (χ2n) is 4.41. The maximum absolute atomic E-state index is 14.0. The van der Waals surface area contributed by atoms with Gasteiger partial charge in [0.25, 0.3) is 0 Å². The maximum atomic E-state index is 14.0. The Bertz CT molecular complexity index is 599. The predicted molar refractivity (Wildman–Crippen MR) is 78.5 cm³/mol. The Hall–Kier alpha value is -1.09. The van der Waals surface area contributed by atoms with Gasteiger partial charge in [-0.3, -0.25) is 0 Å². The summed E-state index contributed by atoms with van der Waals surface area (Å²) < 4.78 is 14.0. The molecule has 0 aliphatic rings. The first-order valence-electron chi connectivity index (χ1n) is 5.91. The van der Waals surface area contributed by atoms with Gasteiger partial charge >= 0.3 is 0 Å². The molecular formula is C15H14Cl2FN. The number of rotatable bonds is 3. The van der Waals surface area contributed by atoms with Crippen molar-refractivity contribution in [2.45, 2.75) is 13.0 Å². The molecule has 0 heterocycles. The van der Waals surface area contributed by atoms with Crippen LogP contribution in [0.4, 0.5) is 4.39 Å². The summed E-state index contributed by atoms with van der Waals surface area (Å²) in [6.07, 6.45) is 0. The highest BCUT2D eigenvalue weighted by Gasteiger charge is 2.19. The van der Waals surface area contributed by atoms with Gasteiger partial charge in [0.1, 0.15) is 5.82 Å². The van der Waals surface area contributed by atoms with Crippen LogP contribution in [0.3, 0.4) is 0 Å². The number of hydrogen-bond acceptors (Lipinski definition) is 1. The van der Waals surface area contributed by atoms with E-state index in [-0.39, 0.29) is 11.9 Å². The zero-order valence-corrected chi connectivity index (χ0v) is 12.2. The van der Waals surface area contributed by atoms with E-state index in [0.717, 1.165) is 11.1 Å². The molecule has 1 N–H and O–H groups in total. The van der Waals surface area contributed by atoms with Crippen LogP contribution < -0.4 is 5.32 Å². The van der Waals surface area contributed by atoms with Gasteiger partial charge in [0.15, 0.2) is 0 Å². The van der Waals surface area contributed by atoms with Crippen molar-refractivity contribution in [2.24, 2.45) is 0 Å². The first kappa shape index (κ1) is 14.3. The molecule has 0 spiro atoms. The zero-order valence-electron chi connectivity index (χ0n) is 10.7. The summed E-state index contributed by atoms with van der Waals surface area (Å²) in [6, 6.07) is 9.96. The van der Waals surface area contributed by atoms with E-state index in [9.17, 15) is 4.39 Å². The Kier molecular flexibility index (Phi) is 4.46. The smallest absolute Gasteiger partial charge is 0.128 e. The van der Waals surface area contributed by atoms with Crippen molar-refractivity contribution in [3.8, 4) is 0 Å². The molecule has 0 bridgehead atoms. The molecule has 19 heavy (non-hydrogen) atoms. The summed E-state index contributed by atoms with van der Waals surface area (Å²) in [5.74, 6) is -0.254. The minimum absolute atomic E-state index is 0.254. The summed E-state index contributed by atoms with van der Waals surface area (Å²) in [7, 11) is 1.78. The third-order valence-electron chi connectivity index (χ3n) is 3.02. The SMILES string of the molecule is CNC(c1cc(C)ccc1F)c1ccc(Cl)cc1Cl. The minimum atomic E-state index is -0.301. The molecule has 1 nitrogen and oxygen atoms in total. The molecule has 2 aromatic carbocycles. The molecule has 0 saturated carbocycles. The fourth-order valence-corrected chi connectivity index (χ4v) is 2.62. The van der Waals surface area contributed by atoms with E-state index in [1.165, 1.54) is 6.07 Å². The number of nitrogens with one attached hydrogen (secondary N) is 1. The molecule has 1 atom stereocenters. The van der Waals surface area contributed by atoms with Gasteiger partial charge in [0.2, 0.25) is 0 Å². The Morgan fingerprint density at radius 2 is 1.79 bits per heavy atom. The Morgan fingerprint density at radius 1 is 1.05 bits per heavy atom. The number of aryl methyl sites for hydroxylation is 1. The second-order valence-corrected chi connectivity index (χ2v) is 5.26. The van der Waals surface area contributed by atoms with Crippen molar-refractivity contribution in [3.05, 3.63) is 69.0 Å². The summed E-state index contributed by atoms with van der Waals surface area (Å²) in [6.45, 7) is 1.93. The minimum Gasteiger partial charge on any atom is -0.309 e. The van der Waals surface area contributed by atoms with E-state index in [1.54, 1.807) is 25.2 Å². The molecule has 0 aliphatic carbocycles. The van der Waals surface area contributed by atoms with Gasteiger partial charge in [-0.25, -0.2) is 4.39 Å². The third-order valence-corrected chi connectivity index (χ3v) is 3.59. The quantitative estimate of drug-likeness (QED) is 0.862. The third kappa shape index (κ3) is 3.08. The standard InChI is InChI=1S/C15H14Cl2FN/c1-9-3-6-14(18)12(7-9)15(19-2)11-5-4-10(16)8-13(11)17/h3-8,15,19H,1-2H3. The number of benzene rings is 2. The molecule has 0 aliphatic heterocycles. The van der Waals surface area contributed by atoms with Crippen LogP contribution in [0.25, 0.3) is 0 Å². The largest absolute Gasteiger partial charge is 0.309 e. The lowest BCUT2D eigenvalue weighted by molar-refractivity contribution is 0.575. The average Bonchev–Trinajstić information content (AvgIpc) is 2.36. The van der Waals surface area contributed by atoms with Crippen LogP contribution in [-0.4, -0.2) is 7.05 Å². The molecule has 4 heteroatoms. The molecule has 0 fully saturated rings. The monoisotopic (exact) mass is 297 g/mol. The Labute approximate surface area is 122 Å². The van der Waals surface area contributed by atoms with E-state index in [4.69, 9.17) is 23.2 Å². The van der Waals surface area contributed by atoms with Gasteiger partial charge in [-0.2, -0.15) is 0 Å². The Morgan fingerprint density at radius 3 is 2.42 bits per heavy atom. The van der Waals surface area contributed by atoms with Gasteiger partial charge in [-0.15, -0.1) is 0 Å². The molecule has 1 unspecified atom stereocenters. The number of halogens is 3.